The molecule has 1 amide bonds. The molecule has 0 saturated heterocycles. The number of hydrogen-bond acceptors (Lipinski definition) is 2. The van der Waals surface area contributed by atoms with Gasteiger partial charge in [0.25, 0.3) is 0 Å². The third kappa shape index (κ3) is 5.84. The van der Waals surface area contributed by atoms with Crippen molar-refractivity contribution in [1.82, 2.24) is 4.90 Å². The number of amidine groups is 1. The molecule has 3 rings (SSSR count). The number of aliphatic imine (C=N–C) groups is 1. The number of fused-ring (bicyclic) bond motifs is 1. The van der Waals surface area contributed by atoms with Gasteiger partial charge in [-0.2, -0.15) is 0 Å². The van der Waals surface area contributed by atoms with E-state index in [0.717, 1.165) is 36.5 Å². The number of amides is 1. The highest BCUT2D eigenvalue weighted by molar-refractivity contribution is 6.00. The lowest BCUT2D eigenvalue weighted by Gasteiger charge is -2.29. The minimum absolute atomic E-state index is 0.0214. The number of carbonyl (C=O) groups excluding carboxylic acids is 1. The zero-order valence-electron chi connectivity index (χ0n) is 19.5. The van der Waals surface area contributed by atoms with Crippen molar-refractivity contribution in [1.29, 1.82) is 0 Å². The molecule has 1 aliphatic carbocycles. The Kier molecular flexibility index (Phi) is 8.20. The van der Waals surface area contributed by atoms with Crippen LogP contribution in [0.5, 0.6) is 0 Å². The first-order valence-electron chi connectivity index (χ1n) is 11.5. The van der Waals surface area contributed by atoms with Crippen molar-refractivity contribution in [2.24, 2.45) is 4.99 Å². The highest BCUT2D eigenvalue weighted by atomic mass is 19.1. The van der Waals surface area contributed by atoms with Gasteiger partial charge in [0.1, 0.15) is 11.7 Å². The van der Waals surface area contributed by atoms with Gasteiger partial charge in [-0.3, -0.25) is 4.79 Å². The molecule has 1 unspecified atom stereocenters. The smallest absolute Gasteiger partial charge is 0.228 e. The molecule has 0 heterocycles. The van der Waals surface area contributed by atoms with Crippen molar-refractivity contribution in [2.45, 2.75) is 51.9 Å². The van der Waals surface area contributed by atoms with Crippen LogP contribution in [0.1, 0.15) is 55.7 Å². The van der Waals surface area contributed by atoms with Crippen LogP contribution in [0.15, 0.2) is 60.2 Å². The second-order valence-corrected chi connectivity index (χ2v) is 8.54. The molecular weight excluding hydrogens is 401 g/mol. The van der Waals surface area contributed by atoms with Crippen molar-refractivity contribution in [3.63, 3.8) is 0 Å². The highest BCUT2D eigenvalue weighted by Gasteiger charge is 2.23. The van der Waals surface area contributed by atoms with E-state index in [2.05, 4.69) is 36.7 Å². The Hall–Kier alpha value is -2.95. The summed E-state index contributed by atoms with van der Waals surface area (Å²) in [5.74, 6) is 0.532. The molecule has 2 aromatic rings. The van der Waals surface area contributed by atoms with E-state index in [1.54, 1.807) is 12.1 Å². The van der Waals surface area contributed by atoms with Crippen LogP contribution >= 0.6 is 0 Å². The zero-order chi connectivity index (χ0) is 23.1. The van der Waals surface area contributed by atoms with Crippen LogP contribution in [-0.4, -0.2) is 36.8 Å². The maximum absolute atomic E-state index is 13.6. The molecule has 0 spiro atoms. The minimum Gasteiger partial charge on any atom is -0.362 e. The molecule has 4 nitrogen and oxygen atoms in total. The van der Waals surface area contributed by atoms with Crippen LogP contribution in [-0.2, 0) is 17.6 Å². The first kappa shape index (κ1) is 23.7. The third-order valence-corrected chi connectivity index (χ3v) is 6.32. The fraction of sp³-hybridized carbons (Fsp3) is 0.407. The average molecular weight is 436 g/mol. The van der Waals surface area contributed by atoms with Crippen molar-refractivity contribution in [3.05, 3.63) is 77.8 Å². The van der Waals surface area contributed by atoms with Crippen LogP contribution in [0.3, 0.4) is 0 Å². The van der Waals surface area contributed by atoms with Gasteiger partial charge in [0.05, 0.1) is 6.54 Å². The SMILES string of the molecule is C=CN=C(CN(C(=O)CC(C)c1ccc(F)cc1)c1ccc2c(c1)CCCC2)N(C)CC. The van der Waals surface area contributed by atoms with Crippen molar-refractivity contribution in [2.75, 3.05) is 25.0 Å². The molecule has 0 N–H and O–H groups in total. The Labute approximate surface area is 191 Å². The summed E-state index contributed by atoms with van der Waals surface area (Å²) in [6.07, 6.45) is 6.43. The van der Waals surface area contributed by atoms with E-state index in [-0.39, 0.29) is 17.6 Å². The molecule has 0 radical (unpaired) electrons. The first-order valence-corrected chi connectivity index (χ1v) is 11.5. The van der Waals surface area contributed by atoms with E-state index in [1.165, 1.54) is 42.3 Å². The van der Waals surface area contributed by atoms with Gasteiger partial charge in [0.2, 0.25) is 5.91 Å². The summed E-state index contributed by atoms with van der Waals surface area (Å²) in [5, 5.41) is 0. The number of rotatable bonds is 8. The average Bonchev–Trinajstić information content (AvgIpc) is 2.81. The molecule has 0 aromatic heterocycles. The molecule has 2 aromatic carbocycles. The summed E-state index contributed by atoms with van der Waals surface area (Å²) in [4.78, 5) is 21.9. The maximum atomic E-state index is 13.6. The van der Waals surface area contributed by atoms with E-state index >= 15 is 0 Å². The van der Waals surface area contributed by atoms with Gasteiger partial charge in [-0.25, -0.2) is 9.38 Å². The third-order valence-electron chi connectivity index (χ3n) is 6.32. The predicted molar refractivity (Wildman–Crippen MR) is 131 cm³/mol. The van der Waals surface area contributed by atoms with Crippen molar-refractivity contribution >= 4 is 17.4 Å². The largest absolute Gasteiger partial charge is 0.362 e. The number of benzene rings is 2. The molecule has 0 aliphatic heterocycles. The molecule has 170 valence electrons. The molecule has 0 bridgehead atoms. The maximum Gasteiger partial charge on any atom is 0.228 e. The van der Waals surface area contributed by atoms with Gasteiger partial charge in [-0.05, 0) is 79.5 Å². The van der Waals surface area contributed by atoms with Gasteiger partial charge >= 0.3 is 0 Å². The number of anilines is 1. The lowest BCUT2D eigenvalue weighted by molar-refractivity contribution is -0.118. The van der Waals surface area contributed by atoms with Crippen LogP contribution in [0.2, 0.25) is 0 Å². The van der Waals surface area contributed by atoms with Crippen LogP contribution in [0.4, 0.5) is 10.1 Å². The summed E-state index contributed by atoms with van der Waals surface area (Å²) >= 11 is 0. The summed E-state index contributed by atoms with van der Waals surface area (Å²) < 4.78 is 13.3. The Balaban J connectivity index is 1.90. The Morgan fingerprint density at radius 1 is 1.16 bits per heavy atom. The fourth-order valence-electron chi connectivity index (χ4n) is 4.18. The number of carbonyl (C=O) groups is 1. The zero-order valence-corrected chi connectivity index (χ0v) is 19.5. The second-order valence-electron chi connectivity index (χ2n) is 8.54. The normalized spacial score (nSPS) is 14.4. The van der Waals surface area contributed by atoms with Crippen LogP contribution in [0, 0.1) is 5.82 Å². The molecular formula is C27H34FN3O. The number of hydrogen-bond donors (Lipinski definition) is 0. The van der Waals surface area contributed by atoms with Gasteiger partial charge in [-0.15, -0.1) is 0 Å². The van der Waals surface area contributed by atoms with Gasteiger partial charge in [0, 0.05) is 31.9 Å². The second kappa shape index (κ2) is 11.1. The molecule has 0 fully saturated rings. The Morgan fingerprint density at radius 2 is 1.84 bits per heavy atom. The highest BCUT2D eigenvalue weighted by Crippen LogP contribution is 2.28. The summed E-state index contributed by atoms with van der Waals surface area (Å²) in [6, 6.07) is 12.8. The quantitative estimate of drug-likeness (QED) is 0.392. The monoisotopic (exact) mass is 435 g/mol. The Morgan fingerprint density at radius 3 is 2.50 bits per heavy atom. The van der Waals surface area contributed by atoms with Gasteiger partial charge in [-0.1, -0.05) is 31.7 Å². The molecule has 1 aliphatic rings. The van der Waals surface area contributed by atoms with Gasteiger partial charge in [0.15, 0.2) is 0 Å². The van der Waals surface area contributed by atoms with Crippen LogP contribution in [0.25, 0.3) is 0 Å². The van der Waals surface area contributed by atoms with E-state index in [9.17, 15) is 9.18 Å². The van der Waals surface area contributed by atoms with Crippen LogP contribution < -0.4 is 4.90 Å². The first-order chi connectivity index (χ1) is 15.4. The minimum atomic E-state index is -0.268. The lowest BCUT2D eigenvalue weighted by Crippen LogP contribution is -2.42. The molecule has 0 saturated carbocycles. The number of halogens is 1. The summed E-state index contributed by atoms with van der Waals surface area (Å²) in [6.45, 7) is 8.97. The Bertz CT molecular complexity index is 967. The van der Waals surface area contributed by atoms with E-state index < -0.39 is 0 Å². The molecule has 32 heavy (non-hydrogen) atoms. The van der Waals surface area contributed by atoms with Crippen molar-refractivity contribution in [3.8, 4) is 0 Å². The van der Waals surface area contributed by atoms with Crippen molar-refractivity contribution < 1.29 is 9.18 Å². The molecule has 1 atom stereocenters. The predicted octanol–water partition coefficient (Wildman–Crippen LogP) is 5.73. The summed E-state index contributed by atoms with van der Waals surface area (Å²) in [5.41, 5.74) is 4.58. The number of aryl methyl sites for hydroxylation is 2. The van der Waals surface area contributed by atoms with E-state index in [1.807, 2.05) is 23.8 Å². The van der Waals surface area contributed by atoms with Gasteiger partial charge < -0.3 is 9.80 Å². The fourth-order valence-corrected chi connectivity index (χ4v) is 4.18. The van der Waals surface area contributed by atoms with E-state index in [0.29, 0.717) is 13.0 Å². The number of nitrogens with zero attached hydrogens (tertiary/aromatic N) is 3. The lowest BCUT2D eigenvalue weighted by atomic mass is 9.91. The van der Waals surface area contributed by atoms with E-state index in [4.69, 9.17) is 0 Å². The summed E-state index contributed by atoms with van der Waals surface area (Å²) in [7, 11) is 1.97. The standard InChI is InChI=1S/C27H34FN3O/c1-5-29-26(30(4)6-2)19-31(25-16-13-22-9-7-8-10-23(22)18-25)27(32)17-20(3)21-11-14-24(28)15-12-21/h5,11-16,18,20H,1,6-10,17,19H2,2-4H3. The molecule has 5 heteroatoms. The number of likely N-dealkylation sites (N-methyl/N-ethyl adjacent to an activating group) is 1. The topological polar surface area (TPSA) is 35.9 Å².